The van der Waals surface area contributed by atoms with E-state index in [0.29, 0.717) is 13.2 Å². The van der Waals surface area contributed by atoms with Crippen LogP contribution in [-0.2, 0) is 9.53 Å². The molecular formula is C19H22N2O4. The van der Waals surface area contributed by atoms with Crippen molar-refractivity contribution >= 4 is 22.7 Å². The highest BCUT2D eigenvalue weighted by Crippen LogP contribution is 2.37. The maximum atomic E-state index is 12.1. The molecule has 2 aliphatic heterocycles. The third-order valence-corrected chi connectivity index (χ3v) is 4.86. The quantitative estimate of drug-likeness (QED) is 0.799. The zero-order valence-electron chi connectivity index (χ0n) is 14.6. The summed E-state index contributed by atoms with van der Waals surface area (Å²) in [5.41, 5.74) is 2.02. The van der Waals surface area contributed by atoms with Gasteiger partial charge in [-0.15, -0.1) is 0 Å². The van der Waals surface area contributed by atoms with E-state index >= 15 is 0 Å². The van der Waals surface area contributed by atoms with Crippen molar-refractivity contribution in [3.8, 4) is 11.5 Å². The number of nitrogens with zero attached hydrogens (tertiary/aromatic N) is 2. The van der Waals surface area contributed by atoms with E-state index in [9.17, 15) is 4.79 Å². The Labute approximate surface area is 146 Å². The van der Waals surface area contributed by atoms with Gasteiger partial charge in [-0.2, -0.15) is 0 Å². The first-order valence-corrected chi connectivity index (χ1v) is 8.78. The Balaban J connectivity index is 1.64. The molecule has 0 radical (unpaired) electrons. The molecule has 4 rings (SSSR count). The van der Waals surface area contributed by atoms with Crippen LogP contribution in [0, 0.1) is 12.8 Å². The Bertz CT molecular complexity index is 821. The lowest BCUT2D eigenvalue weighted by Gasteiger charge is -2.32. The fraction of sp³-hybridized carbons (Fsp3) is 0.474. The van der Waals surface area contributed by atoms with Crippen molar-refractivity contribution < 1.29 is 19.0 Å². The average molecular weight is 342 g/mol. The van der Waals surface area contributed by atoms with Crippen LogP contribution in [0.25, 0.3) is 10.9 Å². The Morgan fingerprint density at radius 2 is 2.12 bits per heavy atom. The number of aryl methyl sites for hydroxylation is 1. The fourth-order valence-corrected chi connectivity index (χ4v) is 3.57. The number of benzene rings is 1. The molecule has 1 atom stereocenters. The van der Waals surface area contributed by atoms with E-state index in [1.54, 1.807) is 0 Å². The van der Waals surface area contributed by atoms with Gasteiger partial charge in [0, 0.05) is 24.5 Å². The Morgan fingerprint density at radius 3 is 2.92 bits per heavy atom. The molecule has 0 N–H and O–H groups in total. The first kappa shape index (κ1) is 16.0. The van der Waals surface area contributed by atoms with Crippen molar-refractivity contribution in [1.29, 1.82) is 0 Å². The summed E-state index contributed by atoms with van der Waals surface area (Å²) in [6, 6.07) is 6.00. The van der Waals surface area contributed by atoms with Crippen LogP contribution in [-0.4, -0.2) is 37.4 Å². The summed E-state index contributed by atoms with van der Waals surface area (Å²) >= 11 is 0. The van der Waals surface area contributed by atoms with Crippen LogP contribution in [0.1, 0.15) is 25.3 Å². The molecule has 25 heavy (non-hydrogen) atoms. The number of rotatable bonds is 3. The van der Waals surface area contributed by atoms with Gasteiger partial charge in [0.2, 0.25) is 6.79 Å². The number of piperidine rings is 1. The van der Waals surface area contributed by atoms with Gasteiger partial charge in [0.1, 0.15) is 5.82 Å². The highest BCUT2D eigenvalue weighted by Gasteiger charge is 2.28. The van der Waals surface area contributed by atoms with Crippen LogP contribution in [0.5, 0.6) is 11.5 Å². The van der Waals surface area contributed by atoms with E-state index in [1.807, 2.05) is 19.1 Å². The maximum absolute atomic E-state index is 12.1. The third-order valence-electron chi connectivity index (χ3n) is 4.86. The second kappa shape index (κ2) is 6.43. The third kappa shape index (κ3) is 2.97. The molecule has 3 heterocycles. The van der Waals surface area contributed by atoms with E-state index in [4.69, 9.17) is 19.2 Å². The molecule has 6 nitrogen and oxygen atoms in total. The van der Waals surface area contributed by atoms with Crippen molar-refractivity contribution in [2.24, 2.45) is 5.92 Å². The van der Waals surface area contributed by atoms with E-state index in [2.05, 4.69) is 17.9 Å². The molecule has 1 saturated heterocycles. The van der Waals surface area contributed by atoms with Crippen molar-refractivity contribution in [3.05, 3.63) is 23.8 Å². The summed E-state index contributed by atoms with van der Waals surface area (Å²) in [4.78, 5) is 19.1. The molecule has 132 valence electrons. The highest BCUT2D eigenvalue weighted by atomic mass is 16.7. The molecule has 1 fully saturated rings. The molecular weight excluding hydrogens is 320 g/mol. The standard InChI is InChI=1S/C19H22N2O4/c1-3-23-19(22)13-5-4-6-21(10-13)18-7-12(2)14-8-16-17(25-11-24-16)9-15(14)20-18/h7-9,13H,3-6,10-11H2,1-2H3. The average Bonchev–Trinajstić information content (AvgIpc) is 3.08. The van der Waals surface area contributed by atoms with Gasteiger partial charge >= 0.3 is 5.97 Å². The molecule has 2 aliphatic rings. The SMILES string of the molecule is CCOC(=O)C1CCCN(c2cc(C)c3cc4c(cc3n2)OCO4)C1. The Morgan fingerprint density at radius 1 is 1.32 bits per heavy atom. The van der Waals surface area contributed by atoms with Gasteiger partial charge in [-0.05, 0) is 44.4 Å². The summed E-state index contributed by atoms with van der Waals surface area (Å²) < 4.78 is 16.1. The minimum atomic E-state index is -0.104. The maximum Gasteiger partial charge on any atom is 0.310 e. The van der Waals surface area contributed by atoms with Gasteiger partial charge in [0.05, 0.1) is 18.0 Å². The Hall–Kier alpha value is -2.50. The predicted octanol–water partition coefficient (Wildman–Crippen LogP) is 3.05. The van der Waals surface area contributed by atoms with Crippen LogP contribution in [0.4, 0.5) is 5.82 Å². The number of pyridine rings is 1. The summed E-state index contributed by atoms with van der Waals surface area (Å²) in [5, 5.41) is 1.06. The minimum Gasteiger partial charge on any atom is -0.466 e. The van der Waals surface area contributed by atoms with Crippen LogP contribution >= 0.6 is 0 Å². The fourth-order valence-electron chi connectivity index (χ4n) is 3.57. The number of carbonyl (C=O) groups is 1. The molecule has 2 aromatic rings. The van der Waals surface area contributed by atoms with Crippen molar-refractivity contribution in [2.45, 2.75) is 26.7 Å². The lowest BCUT2D eigenvalue weighted by atomic mass is 9.98. The molecule has 0 aliphatic carbocycles. The molecule has 1 aromatic carbocycles. The summed E-state index contributed by atoms with van der Waals surface area (Å²) in [6.07, 6.45) is 1.84. The van der Waals surface area contributed by atoms with Gasteiger partial charge in [0.25, 0.3) is 0 Å². The Kier molecular flexibility index (Phi) is 4.11. The second-order valence-electron chi connectivity index (χ2n) is 6.56. The molecule has 6 heteroatoms. The highest BCUT2D eigenvalue weighted by molar-refractivity contribution is 5.87. The van der Waals surface area contributed by atoms with Gasteiger partial charge < -0.3 is 19.1 Å². The van der Waals surface area contributed by atoms with Crippen LogP contribution < -0.4 is 14.4 Å². The number of fused-ring (bicyclic) bond motifs is 2. The molecule has 0 amide bonds. The van der Waals surface area contributed by atoms with Gasteiger partial charge in [-0.1, -0.05) is 0 Å². The number of hydrogen-bond acceptors (Lipinski definition) is 6. The molecule has 1 unspecified atom stereocenters. The smallest absolute Gasteiger partial charge is 0.310 e. The number of anilines is 1. The zero-order chi connectivity index (χ0) is 17.4. The van der Waals surface area contributed by atoms with Gasteiger partial charge in [0.15, 0.2) is 11.5 Å². The second-order valence-corrected chi connectivity index (χ2v) is 6.56. The lowest BCUT2D eigenvalue weighted by Crippen LogP contribution is -2.39. The largest absolute Gasteiger partial charge is 0.466 e. The van der Waals surface area contributed by atoms with Crippen molar-refractivity contribution in [3.63, 3.8) is 0 Å². The molecule has 0 spiro atoms. The van der Waals surface area contributed by atoms with E-state index in [0.717, 1.165) is 53.2 Å². The predicted molar refractivity (Wildman–Crippen MR) is 94.2 cm³/mol. The van der Waals surface area contributed by atoms with Gasteiger partial charge in [-0.3, -0.25) is 4.79 Å². The zero-order valence-corrected chi connectivity index (χ0v) is 14.6. The number of ether oxygens (including phenoxy) is 3. The number of carbonyl (C=O) groups excluding carboxylic acids is 1. The lowest BCUT2D eigenvalue weighted by molar-refractivity contribution is -0.148. The van der Waals surface area contributed by atoms with Crippen molar-refractivity contribution in [1.82, 2.24) is 4.98 Å². The van der Waals surface area contributed by atoms with E-state index < -0.39 is 0 Å². The van der Waals surface area contributed by atoms with Crippen molar-refractivity contribution in [2.75, 3.05) is 31.4 Å². The summed E-state index contributed by atoms with van der Waals surface area (Å²) in [5.74, 6) is 2.22. The normalized spacial score (nSPS) is 19.3. The molecule has 1 aromatic heterocycles. The first-order valence-electron chi connectivity index (χ1n) is 8.78. The monoisotopic (exact) mass is 342 g/mol. The number of esters is 1. The summed E-state index contributed by atoms with van der Waals surface area (Å²) in [6.45, 7) is 6.15. The van der Waals surface area contributed by atoms with E-state index in [1.165, 1.54) is 0 Å². The first-order chi connectivity index (χ1) is 12.2. The molecule has 0 bridgehead atoms. The summed E-state index contributed by atoms with van der Waals surface area (Å²) in [7, 11) is 0. The van der Waals surface area contributed by atoms with Crippen LogP contribution in [0.3, 0.4) is 0 Å². The molecule has 0 saturated carbocycles. The minimum absolute atomic E-state index is 0.0803. The van der Waals surface area contributed by atoms with Crippen LogP contribution in [0.2, 0.25) is 0 Å². The van der Waals surface area contributed by atoms with Gasteiger partial charge in [-0.25, -0.2) is 4.98 Å². The van der Waals surface area contributed by atoms with E-state index in [-0.39, 0.29) is 18.7 Å². The number of aromatic nitrogens is 1. The number of hydrogen-bond donors (Lipinski definition) is 0. The van der Waals surface area contributed by atoms with Crippen LogP contribution in [0.15, 0.2) is 18.2 Å². The topological polar surface area (TPSA) is 60.9 Å².